The number of piperazine rings is 1. The van der Waals surface area contributed by atoms with Crippen molar-refractivity contribution in [2.75, 3.05) is 37.7 Å². The summed E-state index contributed by atoms with van der Waals surface area (Å²) in [6.45, 7) is 6.97. The summed E-state index contributed by atoms with van der Waals surface area (Å²) >= 11 is 3.27. The highest BCUT2D eigenvalue weighted by molar-refractivity contribution is 7.22. The van der Waals surface area contributed by atoms with Crippen LogP contribution in [0.2, 0.25) is 0 Å². The van der Waals surface area contributed by atoms with Crippen LogP contribution in [0.4, 0.5) is 5.13 Å². The number of aryl methyl sites for hydroxylation is 2. The second-order valence-corrected chi connectivity index (χ2v) is 8.70. The average molecular weight is 415 g/mol. The molecule has 1 saturated heterocycles. The van der Waals surface area contributed by atoms with E-state index >= 15 is 0 Å². The number of rotatable bonds is 5. The lowest BCUT2D eigenvalue weighted by Gasteiger charge is -2.34. The smallest absolute Gasteiger partial charge is 0.260 e. The fourth-order valence-electron chi connectivity index (χ4n) is 3.18. The fraction of sp³-hybridized carbons (Fsp3) is 0.350. The Hall–Kier alpha value is -2.45. The number of hydrogen-bond donors (Lipinski definition) is 0. The first kappa shape index (κ1) is 18.9. The molecule has 0 saturated carbocycles. The maximum absolute atomic E-state index is 12.5. The Morgan fingerprint density at radius 3 is 2.68 bits per heavy atom. The van der Waals surface area contributed by atoms with Gasteiger partial charge in [0.1, 0.15) is 5.75 Å². The number of carbonyl (C=O) groups is 1. The van der Waals surface area contributed by atoms with Gasteiger partial charge < -0.3 is 14.5 Å². The van der Waals surface area contributed by atoms with Crippen LogP contribution in [0, 0.1) is 13.8 Å². The lowest BCUT2D eigenvalue weighted by atomic mass is 10.1. The van der Waals surface area contributed by atoms with E-state index in [4.69, 9.17) is 4.74 Å². The van der Waals surface area contributed by atoms with Gasteiger partial charge in [-0.05, 0) is 36.9 Å². The zero-order chi connectivity index (χ0) is 19.5. The molecule has 0 aliphatic carbocycles. The summed E-state index contributed by atoms with van der Waals surface area (Å²) in [6, 6.07) is 10.1. The maximum atomic E-state index is 12.5. The normalized spacial score (nSPS) is 14.4. The number of amides is 1. The number of nitrogens with zero attached hydrogens (tertiary/aromatic N) is 4. The van der Waals surface area contributed by atoms with Crippen molar-refractivity contribution in [1.29, 1.82) is 0 Å². The van der Waals surface area contributed by atoms with Crippen molar-refractivity contribution in [1.82, 2.24) is 15.1 Å². The summed E-state index contributed by atoms with van der Waals surface area (Å²) in [5.74, 6) is 0.795. The van der Waals surface area contributed by atoms with Gasteiger partial charge in [0.15, 0.2) is 11.6 Å². The highest BCUT2D eigenvalue weighted by Gasteiger charge is 2.24. The molecule has 6 nitrogen and oxygen atoms in total. The number of thiophene rings is 1. The Morgan fingerprint density at radius 1 is 1.14 bits per heavy atom. The van der Waals surface area contributed by atoms with E-state index in [1.165, 1.54) is 5.56 Å². The molecule has 0 radical (unpaired) electrons. The van der Waals surface area contributed by atoms with E-state index in [1.807, 2.05) is 42.3 Å². The van der Waals surface area contributed by atoms with Crippen molar-refractivity contribution in [2.24, 2.45) is 0 Å². The Balaban J connectivity index is 1.29. The molecular weight excluding hydrogens is 392 g/mol. The zero-order valence-electron chi connectivity index (χ0n) is 15.9. The van der Waals surface area contributed by atoms with Gasteiger partial charge in [0.05, 0.1) is 4.88 Å². The Kier molecular flexibility index (Phi) is 5.59. The maximum Gasteiger partial charge on any atom is 0.260 e. The number of hydrogen-bond acceptors (Lipinski definition) is 7. The molecule has 8 heteroatoms. The van der Waals surface area contributed by atoms with E-state index in [0.29, 0.717) is 13.1 Å². The minimum absolute atomic E-state index is 0.0242. The standard InChI is InChI=1S/C20H22N4O2S2/c1-14-5-6-16(15(2)12-14)26-13-18(25)23-7-9-24(10-8-23)20-22-21-19(28-20)17-4-3-11-27-17/h3-6,11-12H,7-10,13H2,1-2H3. The van der Waals surface area contributed by atoms with Crippen molar-refractivity contribution in [2.45, 2.75) is 13.8 Å². The quantitative estimate of drug-likeness (QED) is 0.638. The van der Waals surface area contributed by atoms with Crippen molar-refractivity contribution in [3.8, 4) is 15.6 Å². The molecule has 0 N–H and O–H groups in total. The summed E-state index contributed by atoms with van der Waals surface area (Å²) in [4.78, 5) is 17.7. The first-order chi connectivity index (χ1) is 13.6. The van der Waals surface area contributed by atoms with Gasteiger partial charge >= 0.3 is 0 Å². The van der Waals surface area contributed by atoms with Crippen LogP contribution in [0.25, 0.3) is 9.88 Å². The van der Waals surface area contributed by atoms with Gasteiger partial charge in [-0.25, -0.2) is 0 Å². The van der Waals surface area contributed by atoms with Crippen LogP contribution in [-0.4, -0.2) is 53.8 Å². The van der Waals surface area contributed by atoms with Gasteiger partial charge in [-0.2, -0.15) is 0 Å². The molecule has 0 spiro atoms. The Morgan fingerprint density at radius 2 is 1.96 bits per heavy atom. The number of ether oxygens (including phenoxy) is 1. The van der Waals surface area contributed by atoms with E-state index in [9.17, 15) is 4.79 Å². The molecule has 2 aromatic heterocycles. The summed E-state index contributed by atoms with van der Waals surface area (Å²) in [5, 5.41) is 12.5. The van der Waals surface area contributed by atoms with Crippen LogP contribution in [-0.2, 0) is 4.79 Å². The van der Waals surface area contributed by atoms with Crippen LogP contribution in [0.5, 0.6) is 5.75 Å². The van der Waals surface area contributed by atoms with Gasteiger partial charge in [0.25, 0.3) is 5.91 Å². The zero-order valence-corrected chi connectivity index (χ0v) is 17.6. The largest absolute Gasteiger partial charge is 0.484 e. The summed E-state index contributed by atoms with van der Waals surface area (Å²) in [6.07, 6.45) is 0. The summed E-state index contributed by atoms with van der Waals surface area (Å²) in [7, 11) is 0. The van der Waals surface area contributed by atoms with Crippen molar-refractivity contribution < 1.29 is 9.53 Å². The van der Waals surface area contributed by atoms with Gasteiger partial charge in [-0.3, -0.25) is 4.79 Å². The van der Waals surface area contributed by atoms with Crippen LogP contribution in [0.1, 0.15) is 11.1 Å². The second-order valence-electron chi connectivity index (χ2n) is 6.79. The first-order valence-electron chi connectivity index (χ1n) is 9.20. The molecule has 0 atom stereocenters. The van der Waals surface area contributed by atoms with Crippen molar-refractivity contribution >= 4 is 33.7 Å². The second kappa shape index (κ2) is 8.28. The predicted molar refractivity (Wildman–Crippen MR) is 113 cm³/mol. The lowest BCUT2D eigenvalue weighted by molar-refractivity contribution is -0.133. The number of benzene rings is 1. The molecule has 1 amide bonds. The van der Waals surface area contributed by atoms with E-state index in [2.05, 4.69) is 27.2 Å². The van der Waals surface area contributed by atoms with Crippen molar-refractivity contribution in [3.63, 3.8) is 0 Å². The van der Waals surface area contributed by atoms with Crippen LogP contribution in [0.3, 0.4) is 0 Å². The van der Waals surface area contributed by atoms with Crippen LogP contribution >= 0.6 is 22.7 Å². The molecule has 3 aromatic rings. The third kappa shape index (κ3) is 4.18. The topological polar surface area (TPSA) is 58.6 Å². The number of carbonyl (C=O) groups excluding carboxylic acids is 1. The molecule has 1 aliphatic heterocycles. The highest BCUT2D eigenvalue weighted by atomic mass is 32.1. The van der Waals surface area contributed by atoms with Crippen molar-refractivity contribution in [3.05, 3.63) is 46.8 Å². The molecule has 146 valence electrons. The molecule has 1 fully saturated rings. The minimum Gasteiger partial charge on any atom is -0.484 e. The van der Waals surface area contributed by atoms with Crippen LogP contribution < -0.4 is 9.64 Å². The SMILES string of the molecule is Cc1ccc(OCC(=O)N2CCN(c3nnc(-c4cccs4)s3)CC2)c(C)c1. The number of anilines is 1. The summed E-state index contributed by atoms with van der Waals surface area (Å²) in [5.41, 5.74) is 2.24. The molecule has 1 aliphatic rings. The molecule has 0 bridgehead atoms. The molecular formula is C20H22N4O2S2. The molecule has 4 rings (SSSR count). The van der Waals surface area contributed by atoms with Crippen LogP contribution in [0.15, 0.2) is 35.7 Å². The Labute approximate surface area is 172 Å². The minimum atomic E-state index is 0.0242. The molecule has 0 unspecified atom stereocenters. The monoisotopic (exact) mass is 414 g/mol. The predicted octanol–water partition coefficient (Wildman–Crippen LogP) is 3.61. The van der Waals surface area contributed by atoms with E-state index in [0.717, 1.165) is 39.4 Å². The number of aromatic nitrogens is 2. The van der Waals surface area contributed by atoms with Gasteiger partial charge in [-0.15, -0.1) is 21.5 Å². The Bertz CT molecular complexity index is 947. The average Bonchev–Trinajstić information content (AvgIpc) is 3.39. The molecule has 1 aromatic carbocycles. The van der Waals surface area contributed by atoms with E-state index < -0.39 is 0 Å². The third-order valence-electron chi connectivity index (χ3n) is 4.73. The fourth-order valence-corrected chi connectivity index (χ4v) is 4.87. The highest BCUT2D eigenvalue weighted by Crippen LogP contribution is 2.31. The third-order valence-corrected chi connectivity index (χ3v) is 6.75. The van der Waals surface area contributed by atoms with E-state index in [1.54, 1.807) is 22.7 Å². The van der Waals surface area contributed by atoms with E-state index in [-0.39, 0.29) is 12.5 Å². The molecule has 28 heavy (non-hydrogen) atoms. The first-order valence-corrected chi connectivity index (χ1v) is 10.9. The van der Waals surface area contributed by atoms with Gasteiger partial charge in [0, 0.05) is 26.2 Å². The lowest BCUT2D eigenvalue weighted by Crippen LogP contribution is -2.50. The molecule has 3 heterocycles. The summed E-state index contributed by atoms with van der Waals surface area (Å²) < 4.78 is 5.74. The van der Waals surface area contributed by atoms with Gasteiger partial charge in [-0.1, -0.05) is 35.1 Å². The van der Waals surface area contributed by atoms with Gasteiger partial charge in [0.2, 0.25) is 5.13 Å².